The van der Waals surface area contributed by atoms with Crippen LogP contribution in [0.15, 0.2) is 0 Å². The summed E-state index contributed by atoms with van der Waals surface area (Å²) in [7, 11) is 0. The minimum atomic E-state index is 0.358. The fraction of sp³-hybridized carbons (Fsp3) is 1.00. The van der Waals surface area contributed by atoms with Crippen molar-refractivity contribution in [1.29, 1.82) is 0 Å². The van der Waals surface area contributed by atoms with Gasteiger partial charge in [0.05, 0.1) is 6.10 Å². The second-order valence-corrected chi connectivity index (χ2v) is 7.13. The smallest absolute Gasteiger partial charge is 0.0518 e. The Bertz CT molecular complexity index is 204. The van der Waals surface area contributed by atoms with Crippen LogP contribution in [0.5, 0.6) is 0 Å². The number of ether oxygens (including phenoxy) is 2. The molecule has 0 spiro atoms. The Morgan fingerprint density at radius 2 is 0.913 bits per heavy atom. The zero-order valence-corrected chi connectivity index (χ0v) is 16.4. The molecule has 0 unspecified atom stereocenters. The van der Waals surface area contributed by atoms with Crippen LogP contribution in [0.25, 0.3) is 0 Å². The fourth-order valence-electron chi connectivity index (χ4n) is 2.77. The van der Waals surface area contributed by atoms with Crippen molar-refractivity contribution in [1.82, 2.24) is 0 Å². The summed E-state index contributed by atoms with van der Waals surface area (Å²) in [5.41, 5.74) is 0. The maximum atomic E-state index is 5.68. The van der Waals surface area contributed by atoms with Crippen molar-refractivity contribution in [2.24, 2.45) is 0 Å². The average Bonchev–Trinajstić information content (AvgIpc) is 2.53. The molecule has 0 rings (SSSR count). The molecule has 23 heavy (non-hydrogen) atoms. The third-order valence-electron chi connectivity index (χ3n) is 4.28. The van der Waals surface area contributed by atoms with Gasteiger partial charge in [-0.2, -0.15) is 0 Å². The van der Waals surface area contributed by atoms with Crippen molar-refractivity contribution in [3.05, 3.63) is 0 Å². The van der Waals surface area contributed by atoms with E-state index in [1.54, 1.807) is 0 Å². The summed E-state index contributed by atoms with van der Waals surface area (Å²) < 4.78 is 11.2. The van der Waals surface area contributed by atoms with Crippen molar-refractivity contribution >= 4 is 0 Å². The molecule has 0 radical (unpaired) electrons. The second-order valence-electron chi connectivity index (χ2n) is 7.13. The first-order valence-electron chi connectivity index (χ1n) is 10.5. The second kappa shape index (κ2) is 20.0. The molecule has 0 aromatic heterocycles. The van der Waals surface area contributed by atoms with Crippen LogP contribution in [0.4, 0.5) is 0 Å². The van der Waals surface area contributed by atoms with Crippen molar-refractivity contribution in [2.75, 3.05) is 19.8 Å². The van der Waals surface area contributed by atoms with Crippen LogP contribution < -0.4 is 0 Å². The molecule has 0 aromatic carbocycles. The van der Waals surface area contributed by atoms with Gasteiger partial charge in [0.15, 0.2) is 0 Å². The fourth-order valence-corrected chi connectivity index (χ4v) is 2.77. The Balaban J connectivity index is 2.95. The van der Waals surface area contributed by atoms with Crippen molar-refractivity contribution in [2.45, 2.75) is 117 Å². The van der Waals surface area contributed by atoms with Crippen molar-refractivity contribution in [3.63, 3.8) is 0 Å². The third-order valence-corrected chi connectivity index (χ3v) is 4.28. The first-order valence-corrected chi connectivity index (χ1v) is 10.5. The molecule has 0 atom stereocenters. The highest BCUT2D eigenvalue weighted by Crippen LogP contribution is 2.11. The molecule has 0 aliphatic carbocycles. The van der Waals surface area contributed by atoms with Gasteiger partial charge in [-0.3, -0.25) is 0 Å². The van der Waals surface area contributed by atoms with Crippen LogP contribution >= 0.6 is 0 Å². The number of hydrogen-bond acceptors (Lipinski definition) is 2. The first kappa shape index (κ1) is 22.9. The Labute approximate surface area is 146 Å². The molecule has 0 bridgehead atoms. The lowest BCUT2D eigenvalue weighted by molar-refractivity contribution is 0.0660. The maximum absolute atomic E-state index is 5.68. The standard InChI is InChI=1S/C21H44O2/c1-4-5-6-7-8-9-10-11-12-13-14-15-18-22-19-16-17-20-23-21(2)3/h21H,4-20H2,1-3H3. The van der Waals surface area contributed by atoms with E-state index in [4.69, 9.17) is 9.47 Å². The monoisotopic (exact) mass is 328 g/mol. The summed E-state index contributed by atoms with van der Waals surface area (Å²) >= 11 is 0. The highest BCUT2D eigenvalue weighted by atomic mass is 16.5. The zero-order chi connectivity index (χ0) is 17.0. The summed E-state index contributed by atoms with van der Waals surface area (Å²) in [4.78, 5) is 0. The molecule has 0 aromatic rings. The highest BCUT2D eigenvalue weighted by molar-refractivity contribution is 4.48. The van der Waals surface area contributed by atoms with Gasteiger partial charge < -0.3 is 9.47 Å². The van der Waals surface area contributed by atoms with Gasteiger partial charge in [-0.05, 0) is 33.1 Å². The summed E-state index contributed by atoms with van der Waals surface area (Å²) in [6.07, 6.45) is 19.5. The largest absolute Gasteiger partial charge is 0.381 e. The minimum absolute atomic E-state index is 0.358. The number of hydrogen-bond donors (Lipinski definition) is 0. The van der Waals surface area contributed by atoms with Crippen molar-refractivity contribution in [3.8, 4) is 0 Å². The molecular formula is C21H44O2. The molecule has 2 heteroatoms. The van der Waals surface area contributed by atoms with Crippen LogP contribution in [0.1, 0.15) is 111 Å². The summed E-state index contributed by atoms with van der Waals surface area (Å²) in [5, 5.41) is 0. The van der Waals surface area contributed by atoms with Crippen LogP contribution in [0.2, 0.25) is 0 Å². The molecule has 0 saturated carbocycles. The average molecular weight is 329 g/mol. The Kier molecular flexibility index (Phi) is 19.9. The minimum Gasteiger partial charge on any atom is -0.381 e. The molecule has 0 aliphatic rings. The lowest BCUT2D eigenvalue weighted by Gasteiger charge is -2.07. The van der Waals surface area contributed by atoms with Crippen LogP contribution in [-0.4, -0.2) is 25.9 Å². The third kappa shape index (κ3) is 21.9. The summed E-state index contributed by atoms with van der Waals surface area (Å²) in [6.45, 7) is 9.18. The summed E-state index contributed by atoms with van der Waals surface area (Å²) in [6, 6.07) is 0. The van der Waals surface area contributed by atoms with Gasteiger partial charge >= 0.3 is 0 Å². The van der Waals surface area contributed by atoms with Crippen LogP contribution in [-0.2, 0) is 9.47 Å². The van der Waals surface area contributed by atoms with Gasteiger partial charge in [-0.25, -0.2) is 0 Å². The van der Waals surface area contributed by atoms with E-state index in [2.05, 4.69) is 20.8 Å². The predicted molar refractivity (Wildman–Crippen MR) is 102 cm³/mol. The number of rotatable bonds is 19. The maximum Gasteiger partial charge on any atom is 0.0518 e. The molecule has 2 nitrogen and oxygen atoms in total. The van der Waals surface area contributed by atoms with Crippen molar-refractivity contribution < 1.29 is 9.47 Å². The van der Waals surface area contributed by atoms with Gasteiger partial charge in [0.2, 0.25) is 0 Å². The lowest BCUT2D eigenvalue weighted by Crippen LogP contribution is -2.05. The van der Waals surface area contributed by atoms with Crippen LogP contribution in [0.3, 0.4) is 0 Å². The van der Waals surface area contributed by atoms with E-state index in [9.17, 15) is 0 Å². The van der Waals surface area contributed by atoms with E-state index in [-0.39, 0.29) is 0 Å². The van der Waals surface area contributed by atoms with E-state index < -0.39 is 0 Å². The Morgan fingerprint density at radius 1 is 0.522 bits per heavy atom. The van der Waals surface area contributed by atoms with E-state index in [0.29, 0.717) is 6.10 Å². The van der Waals surface area contributed by atoms with Crippen LogP contribution in [0, 0.1) is 0 Å². The predicted octanol–water partition coefficient (Wildman–Crippen LogP) is 6.91. The topological polar surface area (TPSA) is 18.5 Å². The highest BCUT2D eigenvalue weighted by Gasteiger charge is 1.95. The van der Waals surface area contributed by atoms with Gasteiger partial charge in [-0.15, -0.1) is 0 Å². The first-order chi connectivity index (χ1) is 11.3. The molecule has 0 heterocycles. The number of unbranched alkanes of at least 4 members (excludes halogenated alkanes) is 12. The molecule has 0 fully saturated rings. The SMILES string of the molecule is CCCCCCCCCCCCCCOCCCCOC(C)C. The van der Waals surface area contributed by atoms with Gasteiger partial charge in [0.25, 0.3) is 0 Å². The lowest BCUT2D eigenvalue weighted by atomic mass is 10.1. The molecule has 140 valence electrons. The Hall–Kier alpha value is -0.0800. The van der Waals surface area contributed by atoms with Gasteiger partial charge in [0, 0.05) is 19.8 Å². The van der Waals surface area contributed by atoms with Gasteiger partial charge in [0.1, 0.15) is 0 Å². The molecule has 0 saturated heterocycles. The normalized spacial score (nSPS) is 11.5. The quantitative estimate of drug-likeness (QED) is 0.240. The molecular weight excluding hydrogens is 284 g/mol. The zero-order valence-electron chi connectivity index (χ0n) is 16.4. The molecule has 0 amide bonds. The van der Waals surface area contributed by atoms with E-state index in [1.807, 2.05) is 0 Å². The van der Waals surface area contributed by atoms with E-state index >= 15 is 0 Å². The molecule has 0 N–H and O–H groups in total. The van der Waals surface area contributed by atoms with E-state index in [1.165, 1.54) is 77.0 Å². The van der Waals surface area contributed by atoms with Gasteiger partial charge in [-0.1, -0.05) is 77.6 Å². The Morgan fingerprint density at radius 3 is 1.39 bits per heavy atom. The summed E-state index contributed by atoms with van der Waals surface area (Å²) in [5.74, 6) is 0. The molecule has 0 aliphatic heterocycles. The van der Waals surface area contributed by atoms with E-state index in [0.717, 1.165) is 32.7 Å².